The number of aromatic nitrogens is 1. The average Bonchev–Trinajstić information content (AvgIpc) is 2.58. The van der Waals surface area contributed by atoms with E-state index in [9.17, 15) is 20.0 Å². The summed E-state index contributed by atoms with van der Waals surface area (Å²) < 4.78 is 6.32. The highest BCUT2D eigenvalue weighted by Crippen LogP contribution is 2.22. The molecule has 0 unspecified atom stereocenters. The summed E-state index contributed by atoms with van der Waals surface area (Å²) in [6.45, 7) is 4.62. The fraction of sp³-hybridized carbons (Fsp3) is 0.167. The predicted octanol–water partition coefficient (Wildman–Crippen LogP) is 2.18. The Kier molecular flexibility index (Phi) is 5.17. The fourth-order valence-electron chi connectivity index (χ4n) is 2.32. The van der Waals surface area contributed by atoms with Crippen molar-refractivity contribution in [2.45, 2.75) is 13.5 Å². The first-order valence-corrected chi connectivity index (χ1v) is 7.19. The van der Waals surface area contributed by atoms with Crippen LogP contribution in [-0.2, 0) is 6.54 Å². The van der Waals surface area contributed by atoms with Crippen molar-refractivity contribution in [2.24, 2.45) is 0 Å². The number of aromatic hydroxyl groups is 1. The molecule has 0 radical (unpaired) electrons. The van der Waals surface area contributed by atoms with Gasteiger partial charge >= 0.3 is 0 Å². The molecular weight excluding hydrogens is 308 g/mol. The summed E-state index contributed by atoms with van der Waals surface area (Å²) in [7, 11) is 0. The first-order chi connectivity index (χ1) is 11.5. The lowest BCUT2D eigenvalue weighted by Crippen LogP contribution is -2.27. The molecule has 0 aliphatic heterocycles. The van der Waals surface area contributed by atoms with E-state index in [2.05, 4.69) is 6.58 Å². The van der Waals surface area contributed by atoms with Gasteiger partial charge in [-0.25, -0.2) is 0 Å². The molecule has 0 saturated heterocycles. The fourth-order valence-corrected chi connectivity index (χ4v) is 2.32. The number of Topliss-reactive ketones (excluding diaryl/α,β-unsaturated/α-hetero) is 1. The first kappa shape index (κ1) is 17.0. The lowest BCUT2D eigenvalue weighted by molar-refractivity contribution is 0.0916. The van der Waals surface area contributed by atoms with Gasteiger partial charge in [0, 0.05) is 6.54 Å². The predicted molar refractivity (Wildman–Crippen MR) is 88.3 cm³/mol. The number of rotatable bonds is 6. The van der Waals surface area contributed by atoms with Crippen molar-refractivity contribution in [3.8, 4) is 17.7 Å². The van der Waals surface area contributed by atoms with Gasteiger partial charge in [-0.3, -0.25) is 14.2 Å². The monoisotopic (exact) mass is 324 g/mol. The van der Waals surface area contributed by atoms with Crippen molar-refractivity contribution >= 4 is 5.78 Å². The number of ketones is 1. The van der Waals surface area contributed by atoms with Gasteiger partial charge < -0.3 is 9.84 Å². The van der Waals surface area contributed by atoms with Gasteiger partial charge in [-0.1, -0.05) is 24.3 Å². The number of hydrogen-bond acceptors (Lipinski definition) is 5. The number of pyridine rings is 1. The molecule has 2 aromatic rings. The van der Waals surface area contributed by atoms with Crippen molar-refractivity contribution in [3.05, 3.63) is 70.0 Å². The van der Waals surface area contributed by atoms with Crippen LogP contribution in [0.4, 0.5) is 0 Å². The largest absolute Gasteiger partial charge is 0.494 e. The van der Waals surface area contributed by atoms with E-state index >= 15 is 0 Å². The van der Waals surface area contributed by atoms with Crippen molar-refractivity contribution in [3.63, 3.8) is 0 Å². The summed E-state index contributed by atoms with van der Waals surface area (Å²) in [5.74, 6) is -0.510. The quantitative estimate of drug-likeness (QED) is 0.649. The Morgan fingerprint density at radius 3 is 2.67 bits per heavy atom. The lowest BCUT2D eigenvalue weighted by atomic mass is 10.0. The van der Waals surface area contributed by atoms with Crippen LogP contribution < -0.4 is 10.3 Å². The van der Waals surface area contributed by atoms with Crippen LogP contribution in [0.3, 0.4) is 0 Å². The minimum atomic E-state index is -0.659. The molecule has 122 valence electrons. The number of carbonyl (C=O) groups is 1. The minimum absolute atomic E-state index is 0.0144. The summed E-state index contributed by atoms with van der Waals surface area (Å²) >= 11 is 0. The molecule has 0 atom stereocenters. The molecule has 1 aromatic heterocycles. The van der Waals surface area contributed by atoms with Crippen LogP contribution in [0.1, 0.15) is 21.5 Å². The van der Waals surface area contributed by atoms with Crippen LogP contribution in [0.2, 0.25) is 0 Å². The SMILES string of the molecule is C=CCn1c(O)c(C(=O)COc2ccccc2)c(C)c(C#N)c1=O. The van der Waals surface area contributed by atoms with Crippen LogP contribution in [0.5, 0.6) is 11.6 Å². The number of benzene rings is 1. The van der Waals surface area contributed by atoms with Gasteiger partial charge in [0.1, 0.15) is 17.4 Å². The second-order valence-electron chi connectivity index (χ2n) is 5.04. The van der Waals surface area contributed by atoms with Crippen LogP contribution >= 0.6 is 0 Å². The topological polar surface area (TPSA) is 92.3 Å². The maximum absolute atomic E-state index is 12.5. The minimum Gasteiger partial charge on any atom is -0.494 e. The zero-order valence-corrected chi connectivity index (χ0v) is 13.2. The molecule has 0 aliphatic rings. The van der Waals surface area contributed by atoms with Gasteiger partial charge in [0.05, 0.1) is 5.56 Å². The van der Waals surface area contributed by atoms with Gasteiger partial charge in [-0.15, -0.1) is 6.58 Å². The Morgan fingerprint density at radius 2 is 2.08 bits per heavy atom. The number of nitrogens with zero attached hydrogens (tertiary/aromatic N) is 2. The molecule has 1 N–H and O–H groups in total. The zero-order chi connectivity index (χ0) is 17.7. The highest BCUT2D eigenvalue weighted by molar-refractivity contribution is 6.01. The molecule has 0 aliphatic carbocycles. The third-order valence-electron chi connectivity index (χ3n) is 3.50. The summed E-state index contributed by atoms with van der Waals surface area (Å²) in [6.07, 6.45) is 1.40. The standard InChI is InChI=1S/C18H16N2O4/c1-3-9-20-17(22)14(10-19)12(2)16(18(20)23)15(21)11-24-13-7-5-4-6-8-13/h3-8,23H,1,9,11H2,2H3. The first-order valence-electron chi connectivity index (χ1n) is 7.19. The highest BCUT2D eigenvalue weighted by atomic mass is 16.5. The number of carbonyl (C=O) groups excluding carboxylic acids is 1. The third-order valence-corrected chi connectivity index (χ3v) is 3.50. The molecule has 1 aromatic carbocycles. The van der Waals surface area contributed by atoms with E-state index in [4.69, 9.17) is 4.74 Å². The van der Waals surface area contributed by atoms with E-state index in [1.807, 2.05) is 6.07 Å². The number of hydrogen-bond donors (Lipinski definition) is 1. The summed E-state index contributed by atoms with van der Waals surface area (Å²) in [5.41, 5.74) is -0.795. The number of para-hydroxylation sites is 1. The van der Waals surface area contributed by atoms with E-state index in [0.29, 0.717) is 5.75 Å². The van der Waals surface area contributed by atoms with Crippen LogP contribution in [-0.4, -0.2) is 22.1 Å². The molecule has 0 fully saturated rings. The van der Waals surface area contributed by atoms with Crippen molar-refractivity contribution in [1.29, 1.82) is 5.26 Å². The van der Waals surface area contributed by atoms with E-state index in [-0.39, 0.29) is 29.8 Å². The summed E-state index contributed by atoms with van der Waals surface area (Å²) in [6, 6.07) is 10.5. The Bertz CT molecular complexity index is 877. The van der Waals surface area contributed by atoms with Gasteiger partial charge in [-0.05, 0) is 24.6 Å². The maximum Gasteiger partial charge on any atom is 0.271 e. The van der Waals surface area contributed by atoms with Crippen LogP contribution in [0, 0.1) is 18.3 Å². The van der Waals surface area contributed by atoms with Gasteiger partial charge in [0.2, 0.25) is 11.7 Å². The number of ether oxygens (including phenoxy) is 1. The summed E-state index contributed by atoms with van der Waals surface area (Å²) in [5, 5.41) is 19.5. The van der Waals surface area contributed by atoms with Crippen LogP contribution in [0.25, 0.3) is 0 Å². The molecular formula is C18H16N2O4. The van der Waals surface area contributed by atoms with Gasteiger partial charge in [0.15, 0.2) is 6.61 Å². The smallest absolute Gasteiger partial charge is 0.271 e. The Hall–Kier alpha value is -3.33. The molecule has 0 amide bonds. The van der Waals surface area contributed by atoms with Crippen LogP contribution in [0.15, 0.2) is 47.8 Å². The summed E-state index contributed by atoms with van der Waals surface area (Å²) in [4.78, 5) is 24.6. The van der Waals surface area contributed by atoms with Crippen molar-refractivity contribution in [1.82, 2.24) is 4.57 Å². The van der Waals surface area contributed by atoms with Crippen molar-refractivity contribution in [2.75, 3.05) is 6.61 Å². The third kappa shape index (κ3) is 3.20. The molecule has 6 heteroatoms. The molecule has 0 spiro atoms. The second-order valence-corrected chi connectivity index (χ2v) is 5.04. The molecule has 2 rings (SSSR count). The molecule has 0 saturated carbocycles. The maximum atomic E-state index is 12.5. The Labute approximate surface area is 138 Å². The van der Waals surface area contributed by atoms with Gasteiger partial charge in [0.25, 0.3) is 5.56 Å². The van der Waals surface area contributed by atoms with E-state index < -0.39 is 17.2 Å². The normalized spacial score (nSPS) is 10.0. The van der Waals surface area contributed by atoms with E-state index in [1.54, 1.807) is 30.3 Å². The number of allylic oxidation sites excluding steroid dienone is 1. The zero-order valence-electron chi connectivity index (χ0n) is 13.2. The number of nitriles is 1. The lowest BCUT2D eigenvalue weighted by Gasteiger charge is -2.14. The molecule has 0 bridgehead atoms. The Morgan fingerprint density at radius 1 is 1.42 bits per heavy atom. The average molecular weight is 324 g/mol. The van der Waals surface area contributed by atoms with Gasteiger partial charge in [-0.2, -0.15) is 5.26 Å². The van der Waals surface area contributed by atoms with E-state index in [0.717, 1.165) is 4.57 Å². The molecule has 6 nitrogen and oxygen atoms in total. The Balaban J connectivity index is 2.43. The van der Waals surface area contributed by atoms with E-state index in [1.165, 1.54) is 13.0 Å². The molecule has 24 heavy (non-hydrogen) atoms. The van der Waals surface area contributed by atoms with Crippen molar-refractivity contribution < 1.29 is 14.6 Å². The molecule has 1 heterocycles. The second kappa shape index (κ2) is 7.29. The highest BCUT2D eigenvalue weighted by Gasteiger charge is 2.23.